The van der Waals surface area contributed by atoms with Gasteiger partial charge < -0.3 is 29.3 Å². The van der Waals surface area contributed by atoms with Crippen molar-refractivity contribution in [1.29, 1.82) is 0 Å². The summed E-state index contributed by atoms with van der Waals surface area (Å²) < 4.78 is 31.8. The minimum Gasteiger partial charge on any atom is -0.464 e. The van der Waals surface area contributed by atoms with Crippen molar-refractivity contribution in [3.05, 3.63) is 107 Å². The maximum absolute atomic E-state index is 14.4. The van der Waals surface area contributed by atoms with Crippen LogP contribution in [-0.4, -0.2) is 76.7 Å². The van der Waals surface area contributed by atoms with E-state index in [2.05, 4.69) is 15.4 Å². The molecule has 278 valence electrons. The number of anilines is 2. The molecule has 5 aromatic rings. The number of carbonyl (C=O) groups excluding carboxylic acids is 3. The Labute approximate surface area is 312 Å². The van der Waals surface area contributed by atoms with Crippen molar-refractivity contribution in [2.75, 3.05) is 38.2 Å². The number of carbonyl (C=O) groups is 3. The largest absolute Gasteiger partial charge is 0.464 e. The van der Waals surface area contributed by atoms with Gasteiger partial charge in [0.15, 0.2) is 0 Å². The number of fused-ring (bicyclic) bond motifs is 1. The van der Waals surface area contributed by atoms with Gasteiger partial charge >= 0.3 is 18.2 Å². The average molecular weight is 745 g/mol. The molecule has 0 saturated heterocycles. The van der Waals surface area contributed by atoms with E-state index in [9.17, 15) is 18.8 Å². The summed E-state index contributed by atoms with van der Waals surface area (Å²) in [5.74, 6) is -1.08. The van der Waals surface area contributed by atoms with E-state index < -0.39 is 29.6 Å². The van der Waals surface area contributed by atoms with Gasteiger partial charge in [0, 0.05) is 56.1 Å². The summed E-state index contributed by atoms with van der Waals surface area (Å²) in [4.78, 5) is 46.2. The molecule has 0 spiro atoms. The molecule has 0 aliphatic heterocycles. The van der Waals surface area contributed by atoms with Crippen LogP contribution in [0.1, 0.15) is 43.2 Å². The number of aryl methyl sites for hydroxylation is 1. The summed E-state index contributed by atoms with van der Waals surface area (Å²) >= 11 is 6.29. The maximum Gasteiger partial charge on any atom is 0.410 e. The second kappa shape index (κ2) is 17.2. The Kier molecular flexibility index (Phi) is 12.5. The van der Waals surface area contributed by atoms with Crippen LogP contribution in [0.4, 0.5) is 25.4 Å². The summed E-state index contributed by atoms with van der Waals surface area (Å²) in [6.45, 7) is 6.36. The molecule has 0 atom stereocenters. The van der Waals surface area contributed by atoms with Gasteiger partial charge in [0.25, 0.3) is 0 Å². The molecule has 14 heteroatoms. The number of rotatable bonds is 13. The number of methoxy groups -OCH3 is 1. The highest BCUT2D eigenvalue weighted by atomic mass is 35.5. The summed E-state index contributed by atoms with van der Waals surface area (Å²) in [6, 6.07) is 22.9. The fraction of sp³-hybridized carbons (Fsp3) is 0.308. The molecule has 2 aromatic heterocycles. The van der Waals surface area contributed by atoms with Crippen LogP contribution in [0.3, 0.4) is 0 Å². The zero-order valence-electron chi connectivity index (χ0n) is 30.3. The number of nitrogens with one attached hydrogen (secondary N) is 1. The van der Waals surface area contributed by atoms with Gasteiger partial charge in [0.05, 0.1) is 29.0 Å². The van der Waals surface area contributed by atoms with E-state index in [1.807, 2.05) is 59.5 Å². The van der Waals surface area contributed by atoms with E-state index in [0.29, 0.717) is 29.0 Å². The standard InChI is InChI=1S/C39H42ClFN6O6/c1-39(2,3)53-37(49)43-17-9-19-46(38(50)52-25-26-10-7-6-8-11-26)20-21-47(28-13-14-31(41)30(40)23-28)34-16-18-42-32-15-12-27(22-29(32)34)33-24-35(36(48)51-5)45(4)44-33/h6-8,10-16,18,22-24H,9,17,19-21,25H2,1-5H3,(H,43,49). The molecule has 12 nitrogen and oxygen atoms in total. The first-order valence-corrected chi connectivity index (χ1v) is 17.4. The Hall–Kier alpha value is -5.69. The number of aromatic nitrogens is 3. The molecular weight excluding hydrogens is 703 g/mol. The molecule has 0 unspecified atom stereocenters. The Balaban J connectivity index is 1.45. The average Bonchev–Trinajstić information content (AvgIpc) is 3.53. The summed E-state index contributed by atoms with van der Waals surface area (Å²) in [5, 5.41) is 7.92. The van der Waals surface area contributed by atoms with Crippen LogP contribution in [0.5, 0.6) is 0 Å². The molecule has 3 aromatic carbocycles. The summed E-state index contributed by atoms with van der Waals surface area (Å²) in [6.07, 6.45) is 0.994. The fourth-order valence-corrected chi connectivity index (χ4v) is 5.75. The van der Waals surface area contributed by atoms with Crippen molar-refractivity contribution < 1.29 is 33.0 Å². The molecule has 0 radical (unpaired) electrons. The minimum absolute atomic E-state index is 0.0669. The lowest BCUT2D eigenvalue weighted by atomic mass is 10.1. The second-order valence-electron chi connectivity index (χ2n) is 13.2. The highest BCUT2D eigenvalue weighted by Crippen LogP contribution is 2.35. The number of esters is 1. The number of hydrogen-bond donors (Lipinski definition) is 1. The normalized spacial score (nSPS) is 11.2. The molecule has 53 heavy (non-hydrogen) atoms. The summed E-state index contributed by atoms with van der Waals surface area (Å²) in [7, 11) is 2.97. The van der Waals surface area contributed by atoms with E-state index in [1.165, 1.54) is 23.9 Å². The van der Waals surface area contributed by atoms with Crippen molar-refractivity contribution >= 4 is 52.0 Å². The number of benzene rings is 3. The van der Waals surface area contributed by atoms with Gasteiger partial charge in [0.2, 0.25) is 0 Å². The Bertz CT molecular complexity index is 2070. The van der Waals surface area contributed by atoms with E-state index in [-0.39, 0.29) is 43.5 Å². The SMILES string of the molecule is COC(=O)c1cc(-c2ccc3nccc(N(CCN(CCCNC(=O)OC(C)(C)C)C(=O)OCc4ccccc4)c4ccc(F)c(Cl)c4)c3c2)nn1C. The zero-order valence-corrected chi connectivity index (χ0v) is 31.0. The van der Waals surface area contributed by atoms with E-state index in [0.717, 1.165) is 16.5 Å². The van der Waals surface area contributed by atoms with Crippen LogP contribution in [-0.2, 0) is 27.9 Å². The van der Waals surface area contributed by atoms with Gasteiger partial charge in [-0.3, -0.25) is 9.67 Å². The third-order valence-electron chi connectivity index (χ3n) is 8.12. The number of halogens is 2. The first kappa shape index (κ1) is 38.5. The van der Waals surface area contributed by atoms with Crippen LogP contribution < -0.4 is 10.2 Å². The van der Waals surface area contributed by atoms with Crippen molar-refractivity contribution in [2.45, 2.75) is 39.4 Å². The Morgan fingerprint density at radius 3 is 2.45 bits per heavy atom. The lowest BCUT2D eigenvalue weighted by molar-refractivity contribution is 0.0523. The van der Waals surface area contributed by atoms with Crippen molar-refractivity contribution in [3.8, 4) is 11.3 Å². The lowest BCUT2D eigenvalue weighted by Crippen LogP contribution is -2.40. The Morgan fingerprint density at radius 2 is 1.74 bits per heavy atom. The van der Waals surface area contributed by atoms with Gasteiger partial charge in [-0.25, -0.2) is 18.8 Å². The topological polar surface area (TPSA) is 128 Å². The molecule has 0 aliphatic rings. The van der Waals surface area contributed by atoms with Gasteiger partial charge in [-0.15, -0.1) is 0 Å². The molecular formula is C39H42ClFN6O6. The van der Waals surface area contributed by atoms with Crippen LogP contribution >= 0.6 is 11.6 Å². The number of hydrogen-bond acceptors (Lipinski definition) is 9. The molecule has 1 N–H and O–H groups in total. The van der Waals surface area contributed by atoms with E-state index in [4.69, 9.17) is 25.8 Å². The number of ether oxygens (including phenoxy) is 3. The van der Waals surface area contributed by atoms with Gasteiger partial charge in [0.1, 0.15) is 23.7 Å². The molecule has 2 amide bonds. The van der Waals surface area contributed by atoms with Crippen LogP contribution in [0.2, 0.25) is 5.02 Å². The van der Waals surface area contributed by atoms with Gasteiger partial charge in [-0.2, -0.15) is 5.10 Å². The fourth-order valence-electron chi connectivity index (χ4n) is 5.57. The predicted molar refractivity (Wildman–Crippen MR) is 201 cm³/mol. The first-order valence-electron chi connectivity index (χ1n) is 17.0. The van der Waals surface area contributed by atoms with Gasteiger partial charge in [-0.05, 0) is 75.2 Å². The number of amides is 2. The van der Waals surface area contributed by atoms with Crippen LogP contribution in [0.25, 0.3) is 22.2 Å². The molecule has 0 aliphatic carbocycles. The van der Waals surface area contributed by atoms with Crippen molar-refractivity contribution in [1.82, 2.24) is 25.0 Å². The monoisotopic (exact) mass is 744 g/mol. The Morgan fingerprint density at radius 1 is 0.962 bits per heavy atom. The number of nitrogens with zero attached hydrogens (tertiary/aromatic N) is 5. The maximum atomic E-state index is 14.4. The molecule has 0 bridgehead atoms. The van der Waals surface area contributed by atoms with Gasteiger partial charge in [-0.1, -0.05) is 48.0 Å². The number of alkyl carbamates (subject to hydrolysis) is 1. The second-order valence-corrected chi connectivity index (χ2v) is 13.6. The smallest absolute Gasteiger partial charge is 0.410 e. The molecule has 5 rings (SSSR count). The molecule has 2 heterocycles. The summed E-state index contributed by atoms with van der Waals surface area (Å²) in [5.41, 5.74) is 3.69. The highest BCUT2D eigenvalue weighted by Gasteiger charge is 2.22. The lowest BCUT2D eigenvalue weighted by Gasteiger charge is -2.30. The zero-order chi connectivity index (χ0) is 38.1. The van der Waals surface area contributed by atoms with Crippen LogP contribution in [0.15, 0.2) is 85.1 Å². The third kappa shape index (κ3) is 10.2. The number of pyridine rings is 1. The molecule has 0 saturated carbocycles. The highest BCUT2D eigenvalue weighted by molar-refractivity contribution is 6.31. The van der Waals surface area contributed by atoms with E-state index in [1.54, 1.807) is 51.0 Å². The predicted octanol–water partition coefficient (Wildman–Crippen LogP) is 7.91. The quantitative estimate of drug-likeness (QED) is 0.0727. The van der Waals surface area contributed by atoms with Crippen LogP contribution in [0, 0.1) is 5.82 Å². The minimum atomic E-state index is -0.647. The third-order valence-corrected chi connectivity index (χ3v) is 8.41. The van der Waals surface area contributed by atoms with E-state index >= 15 is 0 Å². The van der Waals surface area contributed by atoms with Crippen molar-refractivity contribution in [2.24, 2.45) is 7.05 Å². The molecule has 0 fully saturated rings. The van der Waals surface area contributed by atoms with Crippen molar-refractivity contribution in [3.63, 3.8) is 0 Å². The first-order chi connectivity index (χ1) is 25.3.